The van der Waals surface area contributed by atoms with E-state index in [4.69, 9.17) is 9.47 Å². The number of cyclic esters (lactones) is 1. The van der Waals surface area contributed by atoms with Crippen molar-refractivity contribution in [2.24, 2.45) is 23.7 Å². The molecule has 2 amide bonds. The van der Waals surface area contributed by atoms with Gasteiger partial charge in [-0.3, -0.25) is 9.59 Å². The lowest BCUT2D eigenvalue weighted by Gasteiger charge is -2.43. The van der Waals surface area contributed by atoms with Gasteiger partial charge in [0.05, 0.1) is 17.9 Å². The third-order valence-corrected chi connectivity index (χ3v) is 5.71. The van der Waals surface area contributed by atoms with Crippen LogP contribution in [-0.4, -0.2) is 53.2 Å². The van der Waals surface area contributed by atoms with E-state index in [0.29, 0.717) is 0 Å². The van der Waals surface area contributed by atoms with E-state index in [2.05, 4.69) is 0 Å². The number of amides is 2. The molecule has 0 N–H and O–H groups in total. The van der Waals surface area contributed by atoms with Crippen molar-refractivity contribution in [1.29, 1.82) is 0 Å². The van der Waals surface area contributed by atoms with Gasteiger partial charge in [-0.25, -0.2) is 18.5 Å². The van der Waals surface area contributed by atoms with Gasteiger partial charge in [-0.2, -0.15) is 26.7 Å². The second-order valence-electron chi connectivity index (χ2n) is 9.94. The van der Waals surface area contributed by atoms with Gasteiger partial charge in [0.2, 0.25) is 11.8 Å². The second kappa shape index (κ2) is 10.4. The van der Waals surface area contributed by atoms with Crippen molar-refractivity contribution in [3.8, 4) is 0 Å². The van der Waals surface area contributed by atoms with E-state index >= 15 is 0 Å². The van der Waals surface area contributed by atoms with Crippen molar-refractivity contribution in [1.82, 2.24) is 4.90 Å². The average molecular weight is 506 g/mol. The van der Waals surface area contributed by atoms with Crippen LogP contribution in [0, 0.1) is 23.7 Å². The average Bonchev–Trinajstić information content (AvgIpc) is 2.95. The zero-order valence-corrected chi connectivity index (χ0v) is 20.3. The number of imide groups is 1. The number of hydrogen-bond donors (Lipinski definition) is 0. The fourth-order valence-corrected chi connectivity index (χ4v) is 4.15. The summed E-state index contributed by atoms with van der Waals surface area (Å²) in [4.78, 5) is 39.3. The summed E-state index contributed by atoms with van der Waals surface area (Å²) in [5, 5.41) is 0. The topological polar surface area (TPSA) is 72.9 Å². The van der Waals surface area contributed by atoms with Crippen LogP contribution in [0.15, 0.2) is 0 Å². The molecular weight excluding hydrogens is 473 g/mol. The molecule has 1 saturated heterocycles. The molecule has 1 aliphatic carbocycles. The summed E-state index contributed by atoms with van der Waals surface area (Å²) in [6, 6.07) is -0.731. The molecule has 0 bridgehead atoms. The molecule has 1 unspecified atom stereocenters. The van der Waals surface area contributed by atoms with Crippen LogP contribution in [0.5, 0.6) is 0 Å². The van der Waals surface area contributed by atoms with E-state index in [-0.39, 0.29) is 26.0 Å². The van der Waals surface area contributed by atoms with E-state index in [9.17, 15) is 36.3 Å². The molecule has 1 saturated carbocycles. The maximum atomic E-state index is 13.6. The zero-order chi connectivity index (χ0) is 24.6. The fourth-order valence-electron chi connectivity index (χ4n) is 4.15. The Morgan fingerprint density at radius 1 is 1.18 bits per heavy atom. The second-order valence-corrected chi connectivity index (χ2v) is 9.94. The highest BCUT2D eigenvalue weighted by Crippen LogP contribution is 2.50. The molecule has 0 aromatic carbocycles. The van der Waals surface area contributed by atoms with Gasteiger partial charge in [0.1, 0.15) is 12.2 Å². The Morgan fingerprint density at radius 3 is 2.15 bits per heavy atom. The van der Waals surface area contributed by atoms with E-state index in [1.165, 1.54) is 20.8 Å². The first-order valence-electron chi connectivity index (χ1n) is 10.6. The van der Waals surface area contributed by atoms with E-state index in [0.717, 1.165) is 4.90 Å². The summed E-state index contributed by atoms with van der Waals surface area (Å²) >= 11 is 0. The SMILES string of the molecule is CC(C)[C@H]1COC(=O)N1C(=O)[C@H](CCC(F)(F)F)C(C(=O)OC(C)(C)C)C1CC(F)(F)C1.S. The van der Waals surface area contributed by atoms with Crippen LogP contribution in [0.3, 0.4) is 0 Å². The van der Waals surface area contributed by atoms with Crippen molar-refractivity contribution >= 4 is 31.5 Å². The molecular formula is C21H32F5NO5S. The Hall–Kier alpha value is -1.59. The van der Waals surface area contributed by atoms with Gasteiger partial charge in [-0.15, -0.1) is 0 Å². The predicted molar refractivity (Wildman–Crippen MR) is 113 cm³/mol. The van der Waals surface area contributed by atoms with Crippen LogP contribution in [0.25, 0.3) is 0 Å². The van der Waals surface area contributed by atoms with Gasteiger partial charge in [0, 0.05) is 19.3 Å². The van der Waals surface area contributed by atoms with Crippen molar-refractivity contribution in [2.45, 2.75) is 84.0 Å². The molecule has 6 nitrogen and oxygen atoms in total. The molecule has 3 atom stereocenters. The molecule has 2 fully saturated rings. The number of esters is 1. The molecule has 0 aromatic rings. The summed E-state index contributed by atoms with van der Waals surface area (Å²) in [6.45, 7) is 7.85. The zero-order valence-electron chi connectivity index (χ0n) is 19.3. The molecule has 0 aromatic heterocycles. The van der Waals surface area contributed by atoms with Crippen LogP contribution < -0.4 is 0 Å². The number of halogens is 5. The quantitative estimate of drug-likeness (QED) is 0.357. The number of carbonyl (C=O) groups excluding carboxylic acids is 3. The van der Waals surface area contributed by atoms with Crippen LogP contribution in [0.2, 0.25) is 0 Å². The fraction of sp³-hybridized carbons (Fsp3) is 0.857. The summed E-state index contributed by atoms with van der Waals surface area (Å²) in [5.74, 6) is -9.62. The summed E-state index contributed by atoms with van der Waals surface area (Å²) in [6.07, 6.45) is -9.41. The molecule has 33 heavy (non-hydrogen) atoms. The normalized spacial score (nSPS) is 22.8. The van der Waals surface area contributed by atoms with Gasteiger partial charge in [0.15, 0.2) is 0 Å². The first kappa shape index (κ1) is 29.4. The monoisotopic (exact) mass is 505 g/mol. The number of alkyl halides is 5. The van der Waals surface area contributed by atoms with E-state index in [1.807, 2.05) is 0 Å². The minimum Gasteiger partial charge on any atom is -0.460 e. The number of ether oxygens (including phenoxy) is 2. The van der Waals surface area contributed by atoms with E-state index < -0.39 is 85.1 Å². The third-order valence-electron chi connectivity index (χ3n) is 5.71. The first-order chi connectivity index (χ1) is 14.4. The highest BCUT2D eigenvalue weighted by atomic mass is 32.1. The number of hydrogen-bond acceptors (Lipinski definition) is 5. The van der Waals surface area contributed by atoms with Crippen molar-refractivity contribution in [2.75, 3.05) is 6.61 Å². The minimum absolute atomic E-state index is 0. The largest absolute Gasteiger partial charge is 0.460 e. The number of rotatable bonds is 7. The lowest BCUT2D eigenvalue weighted by Crippen LogP contribution is -2.52. The number of nitrogens with zero attached hydrogens (tertiary/aromatic N) is 1. The van der Waals surface area contributed by atoms with Gasteiger partial charge in [-0.05, 0) is 39.0 Å². The summed E-state index contributed by atoms with van der Waals surface area (Å²) < 4.78 is 76.6. The molecule has 1 heterocycles. The maximum absolute atomic E-state index is 13.6. The van der Waals surface area contributed by atoms with Gasteiger partial charge >= 0.3 is 18.2 Å². The standard InChI is InChI=1S/C21H30F5NO5.H2S/c1-11(2)14-10-31-18(30)27(14)16(28)13(6-7-21(24,25)26)15(12-8-20(22,23)9-12)17(29)32-19(3,4)5;/h11-15H,6-10H2,1-5H3;1H2/t13-,14-,15?;/m1./s1. The Morgan fingerprint density at radius 2 is 1.73 bits per heavy atom. The highest BCUT2D eigenvalue weighted by molar-refractivity contribution is 7.59. The number of carbonyl (C=O) groups is 3. The highest BCUT2D eigenvalue weighted by Gasteiger charge is 2.56. The first-order valence-corrected chi connectivity index (χ1v) is 10.6. The van der Waals surface area contributed by atoms with Gasteiger partial charge in [0.25, 0.3) is 0 Å². The van der Waals surface area contributed by atoms with Crippen molar-refractivity contribution < 1.29 is 45.8 Å². The molecule has 192 valence electrons. The third kappa shape index (κ3) is 7.71. The van der Waals surface area contributed by atoms with Crippen molar-refractivity contribution in [3.63, 3.8) is 0 Å². The molecule has 1 aliphatic heterocycles. The van der Waals surface area contributed by atoms with Crippen LogP contribution in [-0.2, 0) is 19.1 Å². The van der Waals surface area contributed by atoms with Crippen LogP contribution in [0.1, 0.15) is 60.3 Å². The van der Waals surface area contributed by atoms with Crippen molar-refractivity contribution in [3.05, 3.63) is 0 Å². The van der Waals surface area contributed by atoms with Gasteiger partial charge in [-0.1, -0.05) is 13.8 Å². The molecule has 2 rings (SSSR count). The Balaban J connectivity index is 0.00000544. The summed E-state index contributed by atoms with van der Waals surface area (Å²) in [7, 11) is 0. The summed E-state index contributed by atoms with van der Waals surface area (Å²) in [5.41, 5.74) is -1.05. The molecule has 12 heteroatoms. The molecule has 2 aliphatic rings. The molecule has 0 spiro atoms. The van der Waals surface area contributed by atoms with E-state index in [1.54, 1.807) is 13.8 Å². The Labute approximate surface area is 197 Å². The Kier molecular flexibility index (Phi) is 9.23. The maximum Gasteiger partial charge on any atom is 0.416 e. The lowest BCUT2D eigenvalue weighted by molar-refractivity contribution is -0.184. The van der Waals surface area contributed by atoms with Crippen LogP contribution in [0.4, 0.5) is 26.7 Å². The predicted octanol–water partition coefficient (Wildman–Crippen LogP) is 5.06. The smallest absolute Gasteiger partial charge is 0.416 e. The van der Waals surface area contributed by atoms with Crippen LogP contribution >= 0.6 is 13.5 Å². The molecule has 0 radical (unpaired) electrons. The Bertz CT molecular complexity index is 730. The van der Waals surface area contributed by atoms with Gasteiger partial charge < -0.3 is 9.47 Å². The minimum atomic E-state index is -4.65. The lowest BCUT2D eigenvalue weighted by atomic mass is 9.67.